The van der Waals surface area contributed by atoms with Crippen LogP contribution in [0.2, 0.25) is 5.02 Å². The average Bonchev–Trinajstić information content (AvgIpc) is 3.05. The number of benzene rings is 1. The van der Waals surface area contributed by atoms with E-state index in [-0.39, 0.29) is 16.8 Å². The molecule has 8 heteroatoms. The Balaban J connectivity index is 1.94. The molecule has 2 aromatic rings. The van der Waals surface area contributed by atoms with Crippen molar-refractivity contribution in [3.63, 3.8) is 0 Å². The lowest BCUT2D eigenvalue weighted by Gasteiger charge is -2.20. The Kier molecular flexibility index (Phi) is 5.79. The number of carbonyl (C=O) groups is 2. The van der Waals surface area contributed by atoms with Gasteiger partial charge in [0.25, 0.3) is 11.8 Å². The molecule has 1 N–H and O–H groups in total. The molecular weight excluding hydrogens is 371 g/mol. The lowest BCUT2D eigenvalue weighted by Crippen LogP contribution is -2.31. The Morgan fingerprint density at radius 1 is 1.30 bits per heavy atom. The smallest absolute Gasteiger partial charge is 0.291 e. The van der Waals surface area contributed by atoms with Gasteiger partial charge in [0.05, 0.1) is 10.7 Å². The van der Waals surface area contributed by atoms with Gasteiger partial charge in [-0.25, -0.2) is 9.37 Å². The number of carbonyl (C=O) groups excluding carboxylic acids is 2. The molecule has 0 bridgehead atoms. The van der Waals surface area contributed by atoms with Crippen molar-refractivity contribution in [1.29, 1.82) is 0 Å². The highest BCUT2D eigenvalue weighted by Gasteiger charge is 2.29. The highest BCUT2D eigenvalue weighted by atomic mass is 35.5. The van der Waals surface area contributed by atoms with Crippen LogP contribution >= 0.6 is 11.6 Å². The molecule has 1 aliphatic heterocycles. The molecule has 0 fully saturated rings. The molecule has 2 amide bonds. The number of hydrogen-bond donors (Lipinski definition) is 1. The number of halogens is 2. The Hall–Kier alpha value is -2.41. The van der Waals surface area contributed by atoms with Crippen LogP contribution in [0, 0.1) is 5.82 Å². The van der Waals surface area contributed by atoms with Crippen molar-refractivity contribution in [2.24, 2.45) is 0 Å². The molecule has 0 radical (unpaired) electrons. The van der Waals surface area contributed by atoms with Gasteiger partial charge >= 0.3 is 0 Å². The van der Waals surface area contributed by atoms with E-state index < -0.39 is 11.7 Å². The van der Waals surface area contributed by atoms with Crippen LogP contribution in [0.15, 0.2) is 18.2 Å². The lowest BCUT2D eigenvalue weighted by molar-refractivity contribution is 0.0766. The number of hydrogen-bond acceptors (Lipinski definition) is 3. The molecule has 0 atom stereocenters. The van der Waals surface area contributed by atoms with E-state index in [0.29, 0.717) is 37.4 Å². The van der Waals surface area contributed by atoms with Gasteiger partial charge in [-0.3, -0.25) is 9.59 Å². The number of imidazole rings is 1. The first-order valence-electron chi connectivity index (χ1n) is 9.11. The normalized spacial score (nSPS) is 13.2. The van der Waals surface area contributed by atoms with E-state index in [0.717, 1.165) is 18.5 Å². The van der Waals surface area contributed by atoms with Crippen LogP contribution in [0.25, 0.3) is 0 Å². The SMILES string of the molecule is CCN(CC)C(=O)c1nc(C(=O)Nc2ccc(F)c(Cl)c2)n2c1CCCC2. The second kappa shape index (κ2) is 8.08. The summed E-state index contributed by atoms with van der Waals surface area (Å²) < 4.78 is 15.1. The van der Waals surface area contributed by atoms with Crippen molar-refractivity contribution >= 4 is 29.1 Å². The largest absolute Gasteiger partial charge is 0.338 e. The Labute approximate surface area is 162 Å². The van der Waals surface area contributed by atoms with Gasteiger partial charge in [-0.15, -0.1) is 0 Å². The predicted molar refractivity (Wildman–Crippen MR) is 102 cm³/mol. The minimum atomic E-state index is -0.556. The van der Waals surface area contributed by atoms with E-state index in [2.05, 4.69) is 10.3 Å². The quantitative estimate of drug-likeness (QED) is 0.842. The van der Waals surface area contributed by atoms with Gasteiger partial charge in [-0.1, -0.05) is 11.6 Å². The van der Waals surface area contributed by atoms with Crippen molar-refractivity contribution in [2.45, 2.75) is 39.7 Å². The summed E-state index contributed by atoms with van der Waals surface area (Å²) in [6, 6.07) is 3.96. The summed E-state index contributed by atoms with van der Waals surface area (Å²) in [5.74, 6) is -0.963. The summed E-state index contributed by atoms with van der Waals surface area (Å²) in [5, 5.41) is 2.61. The molecule has 1 aliphatic rings. The minimum Gasteiger partial charge on any atom is -0.338 e. The predicted octanol–water partition coefficient (Wildman–Crippen LogP) is 3.75. The number of nitrogens with one attached hydrogen (secondary N) is 1. The summed E-state index contributed by atoms with van der Waals surface area (Å²) >= 11 is 5.77. The van der Waals surface area contributed by atoms with Gasteiger partial charge in [0, 0.05) is 25.3 Å². The van der Waals surface area contributed by atoms with Gasteiger partial charge in [0.2, 0.25) is 0 Å². The van der Waals surface area contributed by atoms with Crippen LogP contribution in [-0.2, 0) is 13.0 Å². The first-order valence-corrected chi connectivity index (χ1v) is 9.49. The molecule has 3 rings (SSSR count). The van der Waals surface area contributed by atoms with E-state index in [1.807, 2.05) is 18.4 Å². The third kappa shape index (κ3) is 3.83. The van der Waals surface area contributed by atoms with Crippen molar-refractivity contribution < 1.29 is 14.0 Å². The van der Waals surface area contributed by atoms with Crippen LogP contribution in [0.3, 0.4) is 0 Å². The molecule has 0 unspecified atom stereocenters. The van der Waals surface area contributed by atoms with Gasteiger partial charge in [0.1, 0.15) is 11.5 Å². The third-order valence-electron chi connectivity index (χ3n) is 4.75. The van der Waals surface area contributed by atoms with Crippen molar-refractivity contribution in [1.82, 2.24) is 14.5 Å². The number of amides is 2. The van der Waals surface area contributed by atoms with E-state index in [4.69, 9.17) is 11.6 Å². The number of aromatic nitrogens is 2. The van der Waals surface area contributed by atoms with Gasteiger partial charge < -0.3 is 14.8 Å². The van der Waals surface area contributed by atoms with Crippen LogP contribution in [-0.4, -0.2) is 39.4 Å². The first kappa shape index (κ1) is 19.4. The Morgan fingerprint density at radius 2 is 2.04 bits per heavy atom. The molecule has 6 nitrogen and oxygen atoms in total. The van der Waals surface area contributed by atoms with Crippen molar-refractivity contribution in [3.05, 3.63) is 46.3 Å². The van der Waals surface area contributed by atoms with E-state index in [1.54, 1.807) is 4.90 Å². The fourth-order valence-electron chi connectivity index (χ4n) is 3.31. The van der Waals surface area contributed by atoms with Crippen molar-refractivity contribution in [3.8, 4) is 0 Å². The molecule has 1 aromatic heterocycles. The molecule has 144 valence electrons. The zero-order valence-corrected chi connectivity index (χ0v) is 16.1. The molecule has 0 aliphatic carbocycles. The maximum Gasteiger partial charge on any atom is 0.291 e. The number of nitrogens with zero attached hydrogens (tertiary/aromatic N) is 3. The van der Waals surface area contributed by atoms with Crippen LogP contribution in [0.5, 0.6) is 0 Å². The van der Waals surface area contributed by atoms with E-state index in [9.17, 15) is 14.0 Å². The molecule has 1 aromatic carbocycles. The van der Waals surface area contributed by atoms with Crippen LogP contribution < -0.4 is 5.32 Å². The highest BCUT2D eigenvalue weighted by molar-refractivity contribution is 6.31. The van der Waals surface area contributed by atoms with Gasteiger partial charge in [-0.2, -0.15) is 0 Å². The number of rotatable bonds is 5. The maximum atomic E-state index is 13.3. The van der Waals surface area contributed by atoms with Crippen molar-refractivity contribution in [2.75, 3.05) is 18.4 Å². The standard InChI is InChI=1S/C19H22ClFN4O2/c1-3-24(4-2)19(27)16-15-7-5-6-10-25(15)17(23-16)18(26)22-12-8-9-14(21)13(20)11-12/h8-9,11H,3-7,10H2,1-2H3,(H,22,26). The summed E-state index contributed by atoms with van der Waals surface area (Å²) in [6.07, 6.45) is 2.59. The minimum absolute atomic E-state index is 0.0738. The van der Waals surface area contributed by atoms with Gasteiger partial charge in [-0.05, 0) is 51.3 Å². The van der Waals surface area contributed by atoms with Crippen LogP contribution in [0.1, 0.15) is 53.5 Å². The monoisotopic (exact) mass is 392 g/mol. The zero-order chi connectivity index (χ0) is 19.6. The summed E-state index contributed by atoms with van der Waals surface area (Å²) in [6.45, 7) is 5.63. The topological polar surface area (TPSA) is 67.2 Å². The molecule has 0 saturated carbocycles. The first-order chi connectivity index (χ1) is 13.0. The molecule has 0 saturated heterocycles. The zero-order valence-electron chi connectivity index (χ0n) is 15.4. The number of fused-ring (bicyclic) bond motifs is 1. The molecule has 27 heavy (non-hydrogen) atoms. The Morgan fingerprint density at radius 3 is 2.70 bits per heavy atom. The molecule has 2 heterocycles. The summed E-state index contributed by atoms with van der Waals surface area (Å²) in [4.78, 5) is 31.7. The van der Waals surface area contributed by atoms with Gasteiger partial charge in [0.15, 0.2) is 5.82 Å². The highest BCUT2D eigenvalue weighted by Crippen LogP contribution is 2.24. The second-order valence-corrected chi connectivity index (χ2v) is 6.81. The van der Waals surface area contributed by atoms with E-state index in [1.165, 1.54) is 18.2 Å². The summed E-state index contributed by atoms with van der Waals surface area (Å²) in [7, 11) is 0. The fourth-order valence-corrected chi connectivity index (χ4v) is 3.49. The average molecular weight is 393 g/mol. The Bertz CT molecular complexity index is 877. The third-order valence-corrected chi connectivity index (χ3v) is 5.04. The molecular formula is C19H22ClFN4O2. The summed E-state index contributed by atoms with van der Waals surface area (Å²) in [5.41, 5.74) is 1.53. The lowest BCUT2D eigenvalue weighted by atomic mass is 10.1. The molecule has 0 spiro atoms. The maximum absolute atomic E-state index is 13.3. The number of anilines is 1. The van der Waals surface area contributed by atoms with E-state index >= 15 is 0 Å². The fraction of sp³-hybridized carbons (Fsp3) is 0.421. The van der Waals surface area contributed by atoms with Crippen LogP contribution in [0.4, 0.5) is 10.1 Å². The second-order valence-electron chi connectivity index (χ2n) is 6.40.